The largest absolute Gasteiger partial charge is 0.461 e. The van der Waals surface area contributed by atoms with Crippen molar-refractivity contribution in [3.8, 4) is 0 Å². The van der Waals surface area contributed by atoms with Crippen molar-refractivity contribution >= 4 is 23.2 Å². The van der Waals surface area contributed by atoms with E-state index >= 15 is 0 Å². The van der Waals surface area contributed by atoms with Gasteiger partial charge in [-0.2, -0.15) is 13.2 Å². The third-order valence-corrected chi connectivity index (χ3v) is 6.41. The van der Waals surface area contributed by atoms with E-state index in [2.05, 4.69) is 4.90 Å². The first kappa shape index (κ1) is 21.8. The van der Waals surface area contributed by atoms with Gasteiger partial charge in [-0.25, -0.2) is 4.99 Å². The maximum absolute atomic E-state index is 13.2. The number of anilines is 2. The molecule has 2 aromatic rings. The predicted molar refractivity (Wildman–Crippen MR) is 118 cm³/mol. The summed E-state index contributed by atoms with van der Waals surface area (Å²) in [5.74, 6) is -0.00710. The summed E-state index contributed by atoms with van der Waals surface area (Å²) >= 11 is 0. The summed E-state index contributed by atoms with van der Waals surface area (Å²) in [7, 11) is 1.46. The molecule has 1 aliphatic carbocycles. The van der Waals surface area contributed by atoms with Crippen LogP contribution in [0.15, 0.2) is 53.5 Å². The number of amides is 1. The molecule has 9 heteroatoms. The average Bonchev–Trinajstić information content (AvgIpc) is 3.50. The molecule has 1 unspecified atom stereocenters. The monoisotopic (exact) mass is 459 g/mol. The Morgan fingerprint density at radius 1 is 1.12 bits per heavy atom. The maximum Gasteiger partial charge on any atom is 0.416 e. The molecule has 5 rings (SSSR count). The van der Waals surface area contributed by atoms with E-state index in [0.717, 1.165) is 36.5 Å². The molecule has 33 heavy (non-hydrogen) atoms. The van der Waals surface area contributed by atoms with Crippen LogP contribution in [-0.2, 0) is 20.4 Å². The van der Waals surface area contributed by atoms with E-state index in [1.807, 2.05) is 24.3 Å². The van der Waals surface area contributed by atoms with Crippen molar-refractivity contribution in [3.63, 3.8) is 0 Å². The highest BCUT2D eigenvalue weighted by molar-refractivity contribution is 6.04. The first-order valence-corrected chi connectivity index (χ1v) is 10.9. The van der Waals surface area contributed by atoms with Crippen LogP contribution in [0.3, 0.4) is 0 Å². The van der Waals surface area contributed by atoms with Gasteiger partial charge in [-0.05, 0) is 55.3 Å². The third kappa shape index (κ3) is 4.17. The number of alkyl halides is 3. The topological polar surface area (TPSA) is 54.4 Å². The normalized spacial score (nSPS) is 21.5. The Morgan fingerprint density at radius 2 is 1.82 bits per heavy atom. The van der Waals surface area contributed by atoms with Crippen molar-refractivity contribution in [2.24, 2.45) is 4.99 Å². The number of hydrogen-bond acceptors (Lipinski definition) is 5. The summed E-state index contributed by atoms with van der Waals surface area (Å²) in [5.41, 5.74) is 0.586. The molecule has 0 bridgehead atoms. The van der Waals surface area contributed by atoms with Crippen LogP contribution in [0.1, 0.15) is 24.0 Å². The van der Waals surface area contributed by atoms with Gasteiger partial charge in [-0.15, -0.1) is 0 Å². The number of carbonyl (C=O) groups excluding carboxylic acids is 1. The third-order valence-electron chi connectivity index (χ3n) is 6.41. The minimum Gasteiger partial charge on any atom is -0.461 e. The number of benzene rings is 2. The molecule has 2 aromatic carbocycles. The minimum absolute atomic E-state index is 0.164. The standard InChI is InChI=1S/C24H24F3N3O3/c1-29(19-4-2-3-17(15-19)24(25,26)27)22(31)20-23(9-10-23)28-21(33-20)16-5-7-18(8-6-16)30-11-13-32-14-12-30/h2-8,15,20H,9-14H2,1H3. The number of ether oxygens (including phenoxy) is 2. The van der Waals surface area contributed by atoms with Gasteiger partial charge in [0, 0.05) is 37.1 Å². The molecule has 1 amide bonds. The van der Waals surface area contributed by atoms with E-state index in [4.69, 9.17) is 14.5 Å². The summed E-state index contributed by atoms with van der Waals surface area (Å²) < 4.78 is 50.7. The molecule has 0 radical (unpaired) electrons. The van der Waals surface area contributed by atoms with Crippen molar-refractivity contribution in [2.45, 2.75) is 30.7 Å². The van der Waals surface area contributed by atoms with Gasteiger partial charge in [0.1, 0.15) is 5.54 Å². The number of rotatable bonds is 4. The van der Waals surface area contributed by atoms with Gasteiger partial charge in [0.25, 0.3) is 5.91 Å². The lowest BCUT2D eigenvalue weighted by Crippen LogP contribution is -2.43. The maximum atomic E-state index is 13.2. The van der Waals surface area contributed by atoms with E-state index in [-0.39, 0.29) is 5.69 Å². The number of carbonyl (C=O) groups is 1. The van der Waals surface area contributed by atoms with E-state index in [1.54, 1.807) is 0 Å². The van der Waals surface area contributed by atoms with E-state index in [9.17, 15) is 18.0 Å². The minimum atomic E-state index is -4.48. The molecule has 1 spiro atoms. The number of morpholine rings is 1. The van der Waals surface area contributed by atoms with Crippen LogP contribution in [0.5, 0.6) is 0 Å². The van der Waals surface area contributed by atoms with Crippen molar-refractivity contribution in [3.05, 3.63) is 59.7 Å². The number of hydrogen-bond donors (Lipinski definition) is 0. The van der Waals surface area contributed by atoms with Crippen molar-refractivity contribution in [1.29, 1.82) is 0 Å². The van der Waals surface area contributed by atoms with Crippen LogP contribution in [0.4, 0.5) is 24.5 Å². The zero-order valence-electron chi connectivity index (χ0n) is 18.1. The molecule has 1 saturated heterocycles. The van der Waals surface area contributed by atoms with E-state index in [1.165, 1.54) is 24.1 Å². The lowest BCUT2D eigenvalue weighted by Gasteiger charge is -2.28. The molecule has 1 atom stereocenters. The van der Waals surface area contributed by atoms with Gasteiger partial charge >= 0.3 is 6.18 Å². The van der Waals surface area contributed by atoms with Gasteiger partial charge in [-0.1, -0.05) is 6.07 Å². The Hall–Kier alpha value is -3.07. The van der Waals surface area contributed by atoms with Crippen LogP contribution in [0, 0.1) is 0 Å². The second kappa shape index (κ2) is 8.06. The quantitative estimate of drug-likeness (QED) is 0.697. The number of nitrogens with zero attached hydrogens (tertiary/aromatic N) is 3. The van der Waals surface area contributed by atoms with Crippen LogP contribution >= 0.6 is 0 Å². The van der Waals surface area contributed by atoms with Crippen molar-refractivity contribution in [2.75, 3.05) is 43.2 Å². The van der Waals surface area contributed by atoms with Crippen molar-refractivity contribution < 1.29 is 27.4 Å². The molecule has 0 aromatic heterocycles. The number of likely N-dealkylation sites (N-methyl/N-ethyl adjacent to an activating group) is 1. The van der Waals surface area contributed by atoms with Crippen molar-refractivity contribution in [1.82, 2.24) is 0 Å². The summed E-state index contributed by atoms with van der Waals surface area (Å²) in [6, 6.07) is 12.6. The number of aliphatic imine (C=N–C) groups is 1. The highest BCUT2D eigenvalue weighted by Crippen LogP contribution is 2.49. The SMILES string of the molecule is CN(C(=O)C1OC(c2ccc(N3CCOCC3)cc2)=NC12CC2)c1cccc(C(F)(F)F)c1. The molecule has 174 valence electrons. The summed E-state index contributed by atoms with van der Waals surface area (Å²) in [6.45, 7) is 3.06. The van der Waals surface area contributed by atoms with Gasteiger partial charge < -0.3 is 19.3 Å². The molecule has 2 heterocycles. The fourth-order valence-corrected chi connectivity index (χ4v) is 4.25. The van der Waals surface area contributed by atoms with Crippen LogP contribution in [0.25, 0.3) is 0 Å². The van der Waals surface area contributed by atoms with Gasteiger partial charge in [-0.3, -0.25) is 4.79 Å². The second-order valence-corrected chi connectivity index (χ2v) is 8.61. The molecule has 1 saturated carbocycles. The first-order chi connectivity index (χ1) is 15.8. The first-order valence-electron chi connectivity index (χ1n) is 10.9. The lowest BCUT2D eigenvalue weighted by atomic mass is 10.1. The fraction of sp³-hybridized carbons (Fsp3) is 0.417. The predicted octanol–water partition coefficient (Wildman–Crippen LogP) is 3.88. The highest BCUT2D eigenvalue weighted by Gasteiger charge is 2.59. The van der Waals surface area contributed by atoms with Gasteiger partial charge in [0.2, 0.25) is 12.0 Å². The molecule has 6 nitrogen and oxygen atoms in total. The molecule has 3 aliphatic rings. The van der Waals surface area contributed by atoms with Crippen LogP contribution in [-0.4, -0.2) is 56.8 Å². The molecule has 2 fully saturated rings. The Balaban J connectivity index is 1.32. The lowest BCUT2D eigenvalue weighted by molar-refractivity contribution is -0.137. The Kier molecular flexibility index (Phi) is 5.31. The van der Waals surface area contributed by atoms with Gasteiger partial charge in [0.15, 0.2) is 0 Å². The summed E-state index contributed by atoms with van der Waals surface area (Å²) in [6.07, 6.45) is -3.93. The van der Waals surface area contributed by atoms with E-state index < -0.39 is 29.3 Å². The Bertz CT molecular complexity index is 1070. The van der Waals surface area contributed by atoms with Crippen LogP contribution < -0.4 is 9.80 Å². The van der Waals surface area contributed by atoms with Gasteiger partial charge in [0.05, 0.1) is 18.8 Å². The highest BCUT2D eigenvalue weighted by atomic mass is 19.4. The second-order valence-electron chi connectivity index (χ2n) is 8.61. The average molecular weight is 459 g/mol. The molecule has 0 N–H and O–H groups in total. The van der Waals surface area contributed by atoms with E-state index in [0.29, 0.717) is 32.0 Å². The molecule has 2 aliphatic heterocycles. The fourth-order valence-electron chi connectivity index (χ4n) is 4.25. The number of halogens is 3. The Morgan fingerprint density at radius 3 is 2.45 bits per heavy atom. The summed E-state index contributed by atoms with van der Waals surface area (Å²) in [5, 5.41) is 0. The zero-order chi connectivity index (χ0) is 23.2. The smallest absolute Gasteiger partial charge is 0.416 e. The Labute approximate surface area is 189 Å². The molecular formula is C24H24F3N3O3. The zero-order valence-corrected chi connectivity index (χ0v) is 18.1. The summed E-state index contributed by atoms with van der Waals surface area (Å²) in [4.78, 5) is 21.4. The van der Waals surface area contributed by atoms with Crippen LogP contribution in [0.2, 0.25) is 0 Å². The molecular weight excluding hydrogens is 435 g/mol.